The zero-order valence-electron chi connectivity index (χ0n) is 5.22. The van der Waals surface area contributed by atoms with Crippen LogP contribution in [0, 0.1) is 0 Å². The fraction of sp³-hybridized carbons (Fsp3) is 0.833. The molecular weight excluding hydrogens is 134 g/mol. The van der Waals surface area contributed by atoms with Crippen molar-refractivity contribution in [3.8, 4) is 0 Å². The molecule has 1 aliphatic heterocycles. The first-order valence-electron chi connectivity index (χ1n) is 2.76. The summed E-state index contributed by atoms with van der Waals surface area (Å²) in [5.41, 5.74) is 0. The molecule has 4 heteroatoms. The van der Waals surface area contributed by atoms with Crippen molar-refractivity contribution >= 4 is 6.09 Å². The van der Waals surface area contributed by atoms with Gasteiger partial charge in [-0.25, -0.2) is 4.79 Å². The van der Waals surface area contributed by atoms with Gasteiger partial charge in [0, 0.05) is 7.11 Å². The second-order valence-corrected chi connectivity index (χ2v) is 1.86. The molecule has 0 aliphatic carbocycles. The molecule has 0 aromatic heterocycles. The number of hydrogen-bond donors (Lipinski definition) is 1. The van der Waals surface area contributed by atoms with E-state index in [1.807, 2.05) is 0 Å². The molecule has 1 fully saturated rings. The highest BCUT2D eigenvalue weighted by Crippen LogP contribution is 1.98. The lowest BCUT2D eigenvalue weighted by atomic mass is 10.4. The van der Waals surface area contributed by atoms with E-state index in [1.165, 1.54) is 0 Å². The highest BCUT2D eigenvalue weighted by atomic mass is 16.6. The molecule has 1 N–H and O–H groups in total. The fourth-order valence-corrected chi connectivity index (χ4v) is 0.711. The molecule has 0 radical (unpaired) electrons. The number of hydrogen-bond acceptors (Lipinski definition) is 3. The molecule has 0 bridgehead atoms. The molecule has 1 saturated heterocycles. The number of amides is 1. The Labute approximate surface area is 60.5 Å². The Hall–Kier alpha value is -0.770. The van der Waals surface area contributed by atoms with Crippen LogP contribution in [0.3, 0.4) is 0 Å². The van der Waals surface area contributed by atoms with E-state index in [0.717, 1.165) is 0 Å². The average Bonchev–Trinajstić information content (AvgIpc) is 2.17. The van der Waals surface area contributed by atoms with Crippen molar-refractivity contribution in [2.45, 2.75) is 13.5 Å². The maximum absolute atomic E-state index is 10.3. The lowest BCUT2D eigenvalue weighted by molar-refractivity contribution is 0.0717. The molecule has 10 heavy (non-hydrogen) atoms. The third kappa shape index (κ3) is 2.23. The first-order chi connectivity index (χ1) is 4.33. The van der Waals surface area contributed by atoms with Gasteiger partial charge in [0.05, 0.1) is 13.2 Å². The first-order valence-corrected chi connectivity index (χ1v) is 2.76. The fourth-order valence-electron chi connectivity index (χ4n) is 0.711. The number of ether oxygens (including phenoxy) is 2. The molecule has 0 saturated carbocycles. The third-order valence-electron chi connectivity index (χ3n) is 1.10. The molecule has 1 unspecified atom stereocenters. The number of rotatable bonds is 2. The van der Waals surface area contributed by atoms with Gasteiger partial charge in [0.2, 0.25) is 0 Å². The predicted octanol–water partition coefficient (Wildman–Crippen LogP) is 0.377. The molecule has 1 atom stereocenters. The summed E-state index contributed by atoms with van der Waals surface area (Å²) in [6, 6.07) is 0. The number of methoxy groups -OCH3 is 1. The van der Waals surface area contributed by atoms with Crippen molar-refractivity contribution in [3.63, 3.8) is 0 Å². The average molecular weight is 147 g/mol. The molecule has 60 valence electrons. The molecule has 0 spiro atoms. The van der Waals surface area contributed by atoms with E-state index in [1.54, 1.807) is 7.11 Å². The largest absolute Gasteiger partial charge is 0.442 e. The Balaban J connectivity index is 0.000000810. The Morgan fingerprint density at radius 3 is 3.00 bits per heavy atom. The van der Waals surface area contributed by atoms with Crippen LogP contribution >= 0.6 is 0 Å². The third-order valence-corrected chi connectivity index (χ3v) is 1.10. The Morgan fingerprint density at radius 2 is 2.60 bits per heavy atom. The van der Waals surface area contributed by atoms with Crippen LogP contribution in [0.15, 0.2) is 0 Å². The van der Waals surface area contributed by atoms with Gasteiger partial charge < -0.3 is 14.8 Å². The van der Waals surface area contributed by atoms with E-state index in [4.69, 9.17) is 9.47 Å². The van der Waals surface area contributed by atoms with Gasteiger partial charge in [0.15, 0.2) is 0 Å². The van der Waals surface area contributed by atoms with Crippen LogP contribution in [0.25, 0.3) is 0 Å². The lowest BCUT2D eigenvalue weighted by Gasteiger charge is -2.03. The van der Waals surface area contributed by atoms with Crippen LogP contribution in [-0.2, 0) is 9.47 Å². The highest BCUT2D eigenvalue weighted by Gasteiger charge is 2.21. The zero-order chi connectivity index (χ0) is 6.69. The summed E-state index contributed by atoms with van der Waals surface area (Å²) in [4.78, 5) is 10.3. The van der Waals surface area contributed by atoms with Crippen molar-refractivity contribution in [2.75, 3.05) is 20.3 Å². The Morgan fingerprint density at radius 1 is 1.90 bits per heavy atom. The van der Waals surface area contributed by atoms with E-state index < -0.39 is 0 Å². The van der Waals surface area contributed by atoms with Crippen LogP contribution in [0.2, 0.25) is 0 Å². The summed E-state index contributed by atoms with van der Waals surface area (Å²) in [5.74, 6) is 0. The summed E-state index contributed by atoms with van der Waals surface area (Å²) in [6.07, 6.45) is -0.445. The minimum Gasteiger partial charge on any atom is -0.442 e. The van der Waals surface area contributed by atoms with Crippen LogP contribution in [0.1, 0.15) is 7.43 Å². The smallest absolute Gasteiger partial charge is 0.407 e. The van der Waals surface area contributed by atoms with E-state index in [9.17, 15) is 4.79 Å². The quantitative estimate of drug-likeness (QED) is 0.614. The Kier molecular flexibility index (Phi) is 3.79. The summed E-state index contributed by atoms with van der Waals surface area (Å²) in [7, 11) is 1.58. The molecule has 1 aliphatic rings. The van der Waals surface area contributed by atoms with Gasteiger partial charge in [-0.15, -0.1) is 0 Å². The highest BCUT2D eigenvalue weighted by molar-refractivity contribution is 5.69. The minimum atomic E-state index is -0.350. The van der Waals surface area contributed by atoms with Crippen LogP contribution in [0.4, 0.5) is 4.79 Å². The first kappa shape index (κ1) is 9.23. The van der Waals surface area contributed by atoms with E-state index in [0.29, 0.717) is 13.2 Å². The van der Waals surface area contributed by atoms with Gasteiger partial charge in [-0.1, -0.05) is 7.43 Å². The van der Waals surface area contributed by atoms with E-state index >= 15 is 0 Å². The predicted molar refractivity (Wildman–Crippen MR) is 36.9 cm³/mol. The maximum Gasteiger partial charge on any atom is 0.407 e. The summed E-state index contributed by atoms with van der Waals surface area (Å²) in [6.45, 7) is 1.03. The maximum atomic E-state index is 10.3. The molecular formula is C6H13NO3. The van der Waals surface area contributed by atoms with Crippen molar-refractivity contribution in [1.82, 2.24) is 5.32 Å². The number of cyclic esters (lactones) is 1. The van der Waals surface area contributed by atoms with Gasteiger partial charge in [-0.05, 0) is 0 Å². The molecule has 0 aromatic carbocycles. The van der Waals surface area contributed by atoms with Crippen LogP contribution in [0.5, 0.6) is 0 Å². The number of nitrogens with one attached hydrogen (secondary N) is 1. The molecule has 1 amide bonds. The molecule has 0 aromatic rings. The van der Waals surface area contributed by atoms with E-state index in [-0.39, 0.29) is 19.6 Å². The standard InChI is InChI=1S/C5H9NO3.CH4/c1-8-3-4-2-6-5(7)9-4;/h4H,2-3H2,1H3,(H,6,7);1H4. The van der Waals surface area contributed by atoms with Gasteiger partial charge >= 0.3 is 6.09 Å². The normalized spacial score (nSPS) is 22.9. The zero-order valence-corrected chi connectivity index (χ0v) is 5.22. The van der Waals surface area contributed by atoms with Crippen LogP contribution in [-0.4, -0.2) is 32.5 Å². The molecule has 4 nitrogen and oxygen atoms in total. The number of carbonyl (C=O) groups excluding carboxylic acids is 1. The number of alkyl carbamates (subject to hydrolysis) is 1. The van der Waals surface area contributed by atoms with Gasteiger partial charge in [0.1, 0.15) is 6.10 Å². The lowest BCUT2D eigenvalue weighted by Crippen LogP contribution is -2.19. The van der Waals surface area contributed by atoms with Crippen molar-refractivity contribution in [1.29, 1.82) is 0 Å². The molecule has 1 rings (SSSR count). The van der Waals surface area contributed by atoms with Crippen molar-refractivity contribution in [3.05, 3.63) is 0 Å². The molecule has 1 heterocycles. The van der Waals surface area contributed by atoms with E-state index in [2.05, 4.69) is 5.32 Å². The summed E-state index contributed by atoms with van der Waals surface area (Å²) >= 11 is 0. The van der Waals surface area contributed by atoms with Crippen molar-refractivity contribution in [2.24, 2.45) is 0 Å². The SMILES string of the molecule is C.COCC1CNC(=O)O1. The summed E-state index contributed by atoms with van der Waals surface area (Å²) < 4.78 is 9.48. The van der Waals surface area contributed by atoms with Crippen molar-refractivity contribution < 1.29 is 14.3 Å². The van der Waals surface area contributed by atoms with Gasteiger partial charge in [0.25, 0.3) is 0 Å². The Bertz CT molecular complexity index is 116. The second kappa shape index (κ2) is 4.11. The van der Waals surface area contributed by atoms with Crippen LogP contribution < -0.4 is 5.32 Å². The van der Waals surface area contributed by atoms with Gasteiger partial charge in [-0.3, -0.25) is 0 Å². The minimum absolute atomic E-state index is 0. The topological polar surface area (TPSA) is 47.6 Å². The summed E-state index contributed by atoms with van der Waals surface area (Å²) in [5, 5.41) is 2.51. The second-order valence-electron chi connectivity index (χ2n) is 1.86. The number of carbonyl (C=O) groups is 1. The monoisotopic (exact) mass is 147 g/mol. The van der Waals surface area contributed by atoms with Gasteiger partial charge in [-0.2, -0.15) is 0 Å².